The molecule has 1 aromatic carbocycles. The molecule has 3 rings (SSSR count). The number of hydrogen-bond acceptors (Lipinski definition) is 6. The Balaban J connectivity index is 1.98. The van der Waals surface area contributed by atoms with Gasteiger partial charge in [-0.05, 0) is 31.0 Å². The van der Waals surface area contributed by atoms with Crippen LogP contribution >= 0.6 is 0 Å². The van der Waals surface area contributed by atoms with Crippen LogP contribution in [0, 0.1) is 0 Å². The number of benzene rings is 1. The van der Waals surface area contributed by atoms with Gasteiger partial charge in [0.25, 0.3) is 11.8 Å². The normalized spacial score (nSPS) is 13.1. The molecule has 0 unspecified atom stereocenters. The van der Waals surface area contributed by atoms with E-state index in [1.165, 1.54) is 44.7 Å². The van der Waals surface area contributed by atoms with E-state index in [4.69, 9.17) is 14.6 Å². The second-order valence-electron chi connectivity index (χ2n) is 6.44. The number of carbonyl (C=O) groups excluding carboxylic acids is 2. The first-order chi connectivity index (χ1) is 13.9. The van der Waals surface area contributed by atoms with Gasteiger partial charge in [-0.2, -0.15) is 0 Å². The van der Waals surface area contributed by atoms with Gasteiger partial charge in [-0.15, -0.1) is 0 Å². The van der Waals surface area contributed by atoms with Gasteiger partial charge in [-0.3, -0.25) is 9.59 Å². The Labute approximate surface area is 167 Å². The lowest BCUT2D eigenvalue weighted by Gasteiger charge is -2.20. The lowest BCUT2D eigenvalue weighted by molar-refractivity contribution is 0.0689. The van der Waals surface area contributed by atoms with Crippen LogP contribution in [0.5, 0.6) is 11.5 Å². The molecule has 2 heterocycles. The molecule has 2 amide bonds. The lowest BCUT2D eigenvalue weighted by Crippen LogP contribution is -2.29. The molecule has 0 saturated carbocycles. The Kier molecular flexibility index (Phi) is 5.96. The van der Waals surface area contributed by atoms with Crippen molar-refractivity contribution in [3.63, 3.8) is 0 Å². The number of aromatic carboxylic acids is 1. The van der Waals surface area contributed by atoms with Crippen molar-refractivity contribution in [2.24, 2.45) is 0 Å². The summed E-state index contributed by atoms with van der Waals surface area (Å²) in [6.45, 7) is 1.29. The van der Waals surface area contributed by atoms with Crippen LogP contribution in [0.3, 0.4) is 0 Å². The molecule has 1 fully saturated rings. The predicted octanol–water partition coefficient (Wildman–Crippen LogP) is 2.29. The van der Waals surface area contributed by atoms with Crippen molar-refractivity contribution in [2.75, 3.05) is 32.6 Å². The second kappa shape index (κ2) is 8.59. The van der Waals surface area contributed by atoms with E-state index in [9.17, 15) is 14.4 Å². The summed E-state index contributed by atoms with van der Waals surface area (Å²) in [7, 11) is 2.91. The fourth-order valence-electron chi connectivity index (χ4n) is 3.13. The van der Waals surface area contributed by atoms with Crippen LogP contribution in [0.15, 0.2) is 30.5 Å². The number of aromatic nitrogens is 1. The van der Waals surface area contributed by atoms with Crippen LogP contribution in [0.2, 0.25) is 0 Å². The molecule has 1 saturated heterocycles. The first-order valence-electron chi connectivity index (χ1n) is 9.00. The molecule has 9 heteroatoms. The number of likely N-dealkylation sites (tertiary alicyclic amines) is 1. The molecule has 29 heavy (non-hydrogen) atoms. The van der Waals surface area contributed by atoms with E-state index >= 15 is 0 Å². The topological polar surface area (TPSA) is 118 Å². The summed E-state index contributed by atoms with van der Waals surface area (Å²) < 4.78 is 10.6. The maximum Gasteiger partial charge on any atom is 0.354 e. The van der Waals surface area contributed by atoms with Gasteiger partial charge >= 0.3 is 5.97 Å². The molecular weight excluding hydrogens is 378 g/mol. The number of nitrogens with one attached hydrogen (secondary N) is 1. The SMILES string of the molecule is COc1cc(NC(=O)c2ccnc(C(=O)O)c2)c(C(=O)N2CCCC2)cc1OC. The molecule has 0 atom stereocenters. The Morgan fingerprint density at radius 1 is 1.07 bits per heavy atom. The van der Waals surface area contributed by atoms with Gasteiger partial charge in [0.15, 0.2) is 11.5 Å². The van der Waals surface area contributed by atoms with Gasteiger partial charge in [0.1, 0.15) is 5.69 Å². The fourth-order valence-corrected chi connectivity index (χ4v) is 3.13. The highest BCUT2D eigenvalue weighted by atomic mass is 16.5. The molecule has 1 aliphatic heterocycles. The molecule has 152 valence electrons. The minimum Gasteiger partial charge on any atom is -0.493 e. The van der Waals surface area contributed by atoms with Crippen molar-refractivity contribution in [3.05, 3.63) is 47.3 Å². The number of carbonyl (C=O) groups is 3. The summed E-state index contributed by atoms with van der Waals surface area (Å²) in [6.07, 6.45) is 3.09. The Hall–Kier alpha value is -3.62. The number of carboxylic acids is 1. The van der Waals surface area contributed by atoms with Gasteiger partial charge in [0.2, 0.25) is 0 Å². The molecule has 0 aliphatic carbocycles. The zero-order valence-electron chi connectivity index (χ0n) is 16.1. The number of methoxy groups -OCH3 is 2. The number of amides is 2. The maximum absolute atomic E-state index is 13.0. The Bertz CT molecular complexity index is 953. The standard InChI is InChI=1S/C20H21N3O6/c1-28-16-10-13(19(25)23-7-3-4-8-23)14(11-17(16)29-2)22-18(24)12-5-6-21-15(9-12)20(26)27/h5-6,9-11H,3-4,7-8H2,1-2H3,(H,22,24)(H,26,27). The average Bonchev–Trinajstić information content (AvgIpc) is 3.27. The van der Waals surface area contributed by atoms with Crippen molar-refractivity contribution in [1.29, 1.82) is 0 Å². The minimum absolute atomic E-state index is 0.103. The molecule has 2 N–H and O–H groups in total. The van der Waals surface area contributed by atoms with E-state index in [1.807, 2.05) is 0 Å². The molecule has 0 radical (unpaired) electrons. The van der Waals surface area contributed by atoms with Crippen molar-refractivity contribution in [3.8, 4) is 11.5 Å². The van der Waals surface area contributed by atoms with Crippen molar-refractivity contribution in [1.82, 2.24) is 9.88 Å². The second-order valence-corrected chi connectivity index (χ2v) is 6.44. The first-order valence-corrected chi connectivity index (χ1v) is 9.00. The quantitative estimate of drug-likeness (QED) is 0.765. The largest absolute Gasteiger partial charge is 0.493 e. The van der Waals surface area contributed by atoms with Crippen molar-refractivity contribution in [2.45, 2.75) is 12.8 Å². The zero-order chi connectivity index (χ0) is 21.0. The van der Waals surface area contributed by atoms with E-state index in [1.54, 1.807) is 4.90 Å². The number of hydrogen-bond donors (Lipinski definition) is 2. The highest BCUT2D eigenvalue weighted by Gasteiger charge is 2.25. The Morgan fingerprint density at radius 2 is 1.72 bits per heavy atom. The average molecular weight is 399 g/mol. The van der Waals surface area contributed by atoms with Crippen LogP contribution in [0.1, 0.15) is 44.0 Å². The monoisotopic (exact) mass is 399 g/mol. The highest BCUT2D eigenvalue weighted by molar-refractivity contribution is 6.10. The summed E-state index contributed by atoms with van der Waals surface area (Å²) in [5, 5.41) is 11.8. The number of ether oxygens (including phenoxy) is 2. The predicted molar refractivity (Wildman–Crippen MR) is 104 cm³/mol. The van der Waals surface area contributed by atoms with Gasteiger partial charge < -0.3 is 24.8 Å². The molecule has 0 bridgehead atoms. The third-order valence-corrected chi connectivity index (χ3v) is 4.64. The van der Waals surface area contributed by atoms with Crippen LogP contribution in [-0.4, -0.2) is 60.1 Å². The minimum atomic E-state index is -1.24. The third kappa shape index (κ3) is 4.29. The first kappa shape index (κ1) is 20.1. The number of carboxylic acid groups (broad SMARTS) is 1. The third-order valence-electron chi connectivity index (χ3n) is 4.64. The summed E-state index contributed by atoms with van der Waals surface area (Å²) in [5.41, 5.74) is 0.369. The van der Waals surface area contributed by atoms with Crippen LogP contribution in [-0.2, 0) is 0 Å². The molecule has 2 aromatic rings. The van der Waals surface area contributed by atoms with E-state index in [0.29, 0.717) is 24.6 Å². The molecule has 0 spiro atoms. The zero-order valence-corrected chi connectivity index (χ0v) is 16.1. The summed E-state index contributed by atoms with van der Waals surface area (Å²) in [5.74, 6) is -1.32. The van der Waals surface area contributed by atoms with Gasteiger partial charge in [-0.25, -0.2) is 9.78 Å². The van der Waals surface area contributed by atoms with Crippen LogP contribution < -0.4 is 14.8 Å². The van der Waals surface area contributed by atoms with Crippen molar-refractivity contribution >= 4 is 23.5 Å². The van der Waals surface area contributed by atoms with Gasteiger partial charge in [0, 0.05) is 30.9 Å². The number of rotatable bonds is 6. The molecule has 9 nitrogen and oxygen atoms in total. The molecule has 1 aliphatic rings. The molecular formula is C20H21N3O6. The van der Waals surface area contributed by atoms with E-state index in [2.05, 4.69) is 10.3 Å². The maximum atomic E-state index is 13.0. The van der Waals surface area contributed by atoms with E-state index in [0.717, 1.165) is 12.8 Å². The number of anilines is 1. The summed E-state index contributed by atoms with van der Waals surface area (Å²) in [6, 6.07) is 5.61. The summed E-state index contributed by atoms with van der Waals surface area (Å²) in [4.78, 5) is 42.2. The smallest absolute Gasteiger partial charge is 0.354 e. The van der Waals surface area contributed by atoms with Gasteiger partial charge in [0.05, 0.1) is 25.5 Å². The van der Waals surface area contributed by atoms with E-state index in [-0.39, 0.29) is 28.4 Å². The van der Waals surface area contributed by atoms with Crippen LogP contribution in [0.25, 0.3) is 0 Å². The van der Waals surface area contributed by atoms with Crippen molar-refractivity contribution < 1.29 is 29.0 Å². The molecule has 1 aromatic heterocycles. The fraction of sp³-hybridized carbons (Fsp3) is 0.300. The van der Waals surface area contributed by atoms with E-state index < -0.39 is 11.9 Å². The summed E-state index contributed by atoms with van der Waals surface area (Å²) >= 11 is 0. The highest BCUT2D eigenvalue weighted by Crippen LogP contribution is 2.34. The van der Waals surface area contributed by atoms with Gasteiger partial charge in [-0.1, -0.05) is 0 Å². The van der Waals surface area contributed by atoms with Crippen LogP contribution in [0.4, 0.5) is 5.69 Å². The number of nitrogens with zero attached hydrogens (tertiary/aromatic N) is 2. The lowest BCUT2D eigenvalue weighted by atomic mass is 10.1. The number of pyridine rings is 1. The Morgan fingerprint density at radius 3 is 2.34 bits per heavy atom.